The van der Waals surface area contributed by atoms with Crippen molar-refractivity contribution >= 4 is 35.6 Å². The number of hydrogen-bond acceptors (Lipinski definition) is 3. The highest BCUT2D eigenvalue weighted by molar-refractivity contribution is 5.96. The lowest BCUT2D eigenvalue weighted by atomic mass is 9.82. The van der Waals surface area contributed by atoms with Crippen LogP contribution in [-0.4, -0.2) is 24.9 Å². The zero-order chi connectivity index (χ0) is 14.6. The van der Waals surface area contributed by atoms with Gasteiger partial charge in [-0.1, -0.05) is 0 Å². The van der Waals surface area contributed by atoms with Gasteiger partial charge in [-0.25, -0.2) is 0 Å². The number of anilines is 2. The summed E-state index contributed by atoms with van der Waals surface area (Å²) in [5.74, 6) is -0.0699. The third-order valence-electron chi connectivity index (χ3n) is 3.61. The molecule has 1 atom stereocenters. The number of carbonyl (C=O) groups is 2. The molecule has 0 bridgehead atoms. The first-order valence-corrected chi connectivity index (χ1v) is 6.89. The molecule has 2 rings (SSSR count). The predicted molar refractivity (Wildman–Crippen MR) is 86.8 cm³/mol. The summed E-state index contributed by atoms with van der Waals surface area (Å²) in [4.78, 5) is 23.3. The fourth-order valence-corrected chi connectivity index (χ4v) is 2.37. The molecule has 0 aliphatic carbocycles. The van der Waals surface area contributed by atoms with Gasteiger partial charge in [0.15, 0.2) is 0 Å². The van der Waals surface area contributed by atoms with Gasteiger partial charge < -0.3 is 16.0 Å². The average Bonchev–Trinajstić information content (AvgIpc) is 2.41. The highest BCUT2D eigenvalue weighted by atomic mass is 35.5. The van der Waals surface area contributed by atoms with Crippen LogP contribution in [0.3, 0.4) is 0 Å². The zero-order valence-corrected chi connectivity index (χ0v) is 13.2. The molecule has 2 amide bonds. The molecule has 0 radical (unpaired) electrons. The largest absolute Gasteiger partial charge is 0.326 e. The molecule has 1 saturated heterocycles. The van der Waals surface area contributed by atoms with E-state index in [1.165, 1.54) is 6.92 Å². The second-order valence-corrected chi connectivity index (χ2v) is 5.55. The van der Waals surface area contributed by atoms with Gasteiger partial charge in [-0.2, -0.15) is 0 Å². The van der Waals surface area contributed by atoms with Crippen LogP contribution < -0.4 is 16.0 Å². The van der Waals surface area contributed by atoms with E-state index in [0.717, 1.165) is 30.8 Å². The number of piperidine rings is 1. The molecule has 3 N–H and O–H groups in total. The van der Waals surface area contributed by atoms with Crippen LogP contribution in [0.2, 0.25) is 0 Å². The standard InChI is InChI=1S/C15H21N3O2.ClH/c1-11(19)17-12-4-6-13(7-5-12)18-14(20)15(2)8-3-9-16-10-15;/h4-7,16H,3,8-10H2,1-2H3,(H,17,19)(H,18,20);1H. The summed E-state index contributed by atoms with van der Waals surface area (Å²) in [6.45, 7) is 5.14. The molecule has 0 saturated carbocycles. The number of carbonyl (C=O) groups excluding carboxylic acids is 2. The maximum Gasteiger partial charge on any atom is 0.231 e. The number of rotatable bonds is 3. The SMILES string of the molecule is CC(=O)Nc1ccc(NC(=O)C2(C)CCCNC2)cc1.Cl. The van der Waals surface area contributed by atoms with Crippen molar-refractivity contribution in [3.8, 4) is 0 Å². The van der Waals surface area contributed by atoms with E-state index in [0.29, 0.717) is 6.54 Å². The van der Waals surface area contributed by atoms with E-state index in [4.69, 9.17) is 0 Å². The summed E-state index contributed by atoms with van der Waals surface area (Å²) < 4.78 is 0. The van der Waals surface area contributed by atoms with Crippen LogP contribution in [0.1, 0.15) is 26.7 Å². The summed E-state index contributed by atoms with van der Waals surface area (Å²) in [6.07, 6.45) is 1.92. The third-order valence-corrected chi connectivity index (χ3v) is 3.61. The van der Waals surface area contributed by atoms with Crippen molar-refractivity contribution in [3.05, 3.63) is 24.3 Å². The highest BCUT2D eigenvalue weighted by Gasteiger charge is 2.34. The molecular formula is C15H22ClN3O2. The number of nitrogens with one attached hydrogen (secondary N) is 3. The molecule has 21 heavy (non-hydrogen) atoms. The summed E-state index contributed by atoms with van der Waals surface area (Å²) in [6, 6.07) is 7.14. The van der Waals surface area contributed by atoms with E-state index in [1.807, 2.05) is 6.92 Å². The third kappa shape index (κ3) is 4.72. The average molecular weight is 312 g/mol. The summed E-state index contributed by atoms with van der Waals surface area (Å²) in [5, 5.41) is 8.90. The molecule has 116 valence electrons. The molecule has 1 fully saturated rings. The Hall–Kier alpha value is -1.59. The van der Waals surface area contributed by atoms with Crippen molar-refractivity contribution in [1.29, 1.82) is 0 Å². The normalized spacial score (nSPS) is 21.0. The highest BCUT2D eigenvalue weighted by Crippen LogP contribution is 2.27. The van der Waals surface area contributed by atoms with E-state index >= 15 is 0 Å². The van der Waals surface area contributed by atoms with Crippen LogP contribution in [0.5, 0.6) is 0 Å². The predicted octanol–water partition coefficient (Wildman–Crippen LogP) is 2.40. The summed E-state index contributed by atoms with van der Waals surface area (Å²) in [7, 11) is 0. The van der Waals surface area contributed by atoms with E-state index in [-0.39, 0.29) is 29.6 Å². The molecule has 0 spiro atoms. The molecule has 1 unspecified atom stereocenters. The monoisotopic (exact) mass is 311 g/mol. The Kier molecular flexibility index (Phi) is 6.18. The van der Waals surface area contributed by atoms with Gasteiger partial charge in [0.05, 0.1) is 5.41 Å². The number of amides is 2. The molecule has 1 aliphatic rings. The van der Waals surface area contributed by atoms with Gasteiger partial charge in [0, 0.05) is 24.8 Å². The second-order valence-electron chi connectivity index (χ2n) is 5.55. The Bertz CT molecular complexity index is 496. The first-order chi connectivity index (χ1) is 9.49. The molecular weight excluding hydrogens is 290 g/mol. The Morgan fingerprint density at radius 3 is 2.19 bits per heavy atom. The van der Waals surface area contributed by atoms with E-state index in [1.54, 1.807) is 24.3 Å². The van der Waals surface area contributed by atoms with Crippen molar-refractivity contribution in [1.82, 2.24) is 5.32 Å². The van der Waals surface area contributed by atoms with Gasteiger partial charge in [-0.15, -0.1) is 12.4 Å². The zero-order valence-electron chi connectivity index (χ0n) is 12.4. The maximum absolute atomic E-state index is 12.3. The van der Waals surface area contributed by atoms with Crippen molar-refractivity contribution < 1.29 is 9.59 Å². The Balaban J connectivity index is 0.00000220. The Labute approximate surface area is 131 Å². The van der Waals surface area contributed by atoms with Crippen molar-refractivity contribution in [2.75, 3.05) is 23.7 Å². The van der Waals surface area contributed by atoms with E-state index < -0.39 is 0 Å². The van der Waals surface area contributed by atoms with Gasteiger partial charge in [-0.05, 0) is 50.6 Å². The summed E-state index contributed by atoms with van der Waals surface area (Å²) >= 11 is 0. The first kappa shape index (κ1) is 17.5. The van der Waals surface area contributed by atoms with Crippen molar-refractivity contribution in [3.63, 3.8) is 0 Å². The van der Waals surface area contributed by atoms with Gasteiger partial charge in [-0.3, -0.25) is 9.59 Å². The number of hydrogen-bond donors (Lipinski definition) is 3. The second kappa shape index (κ2) is 7.43. The van der Waals surface area contributed by atoms with Crippen LogP contribution in [0.4, 0.5) is 11.4 Å². The molecule has 0 aromatic heterocycles. The van der Waals surface area contributed by atoms with Crippen LogP contribution in [0.25, 0.3) is 0 Å². The first-order valence-electron chi connectivity index (χ1n) is 6.89. The molecule has 1 aliphatic heterocycles. The number of benzene rings is 1. The van der Waals surface area contributed by atoms with Gasteiger partial charge >= 0.3 is 0 Å². The maximum atomic E-state index is 12.3. The van der Waals surface area contributed by atoms with Crippen LogP contribution in [0.15, 0.2) is 24.3 Å². The summed E-state index contributed by atoms with van der Waals surface area (Å²) in [5.41, 5.74) is 1.12. The lowest BCUT2D eigenvalue weighted by Crippen LogP contribution is -2.46. The lowest BCUT2D eigenvalue weighted by molar-refractivity contribution is -0.125. The molecule has 6 heteroatoms. The van der Waals surface area contributed by atoms with Crippen LogP contribution in [0, 0.1) is 5.41 Å². The minimum absolute atomic E-state index is 0. The molecule has 1 aromatic carbocycles. The van der Waals surface area contributed by atoms with Crippen LogP contribution in [-0.2, 0) is 9.59 Å². The minimum atomic E-state index is -0.353. The van der Waals surface area contributed by atoms with Crippen molar-refractivity contribution in [2.24, 2.45) is 5.41 Å². The van der Waals surface area contributed by atoms with Crippen LogP contribution >= 0.6 is 12.4 Å². The van der Waals surface area contributed by atoms with Gasteiger partial charge in [0.2, 0.25) is 11.8 Å². The number of halogens is 1. The topological polar surface area (TPSA) is 70.2 Å². The van der Waals surface area contributed by atoms with Gasteiger partial charge in [0.25, 0.3) is 0 Å². The van der Waals surface area contributed by atoms with Gasteiger partial charge in [0.1, 0.15) is 0 Å². The molecule has 5 nitrogen and oxygen atoms in total. The van der Waals surface area contributed by atoms with E-state index in [2.05, 4.69) is 16.0 Å². The Morgan fingerprint density at radius 1 is 1.14 bits per heavy atom. The lowest BCUT2D eigenvalue weighted by Gasteiger charge is -2.32. The van der Waals surface area contributed by atoms with Crippen molar-refractivity contribution in [2.45, 2.75) is 26.7 Å². The molecule has 1 heterocycles. The molecule has 1 aromatic rings. The fraction of sp³-hybridized carbons (Fsp3) is 0.467. The fourth-order valence-electron chi connectivity index (χ4n) is 2.37. The minimum Gasteiger partial charge on any atom is -0.326 e. The van der Waals surface area contributed by atoms with E-state index in [9.17, 15) is 9.59 Å². The quantitative estimate of drug-likeness (QED) is 0.803. The Morgan fingerprint density at radius 2 is 1.71 bits per heavy atom. The smallest absolute Gasteiger partial charge is 0.231 e.